The van der Waals surface area contributed by atoms with Crippen LogP contribution >= 0.6 is 23.1 Å². The van der Waals surface area contributed by atoms with E-state index in [1.54, 1.807) is 0 Å². The first kappa shape index (κ1) is 17.7. The van der Waals surface area contributed by atoms with Crippen LogP contribution in [0.1, 0.15) is 19.3 Å². The van der Waals surface area contributed by atoms with Gasteiger partial charge in [0.15, 0.2) is 4.34 Å². The quantitative estimate of drug-likeness (QED) is 0.453. The topological polar surface area (TPSA) is 79.4 Å². The zero-order valence-electron chi connectivity index (χ0n) is 15.5. The number of imide groups is 1. The van der Waals surface area contributed by atoms with E-state index in [1.165, 1.54) is 28.0 Å². The van der Waals surface area contributed by atoms with Crippen LogP contribution in [0.3, 0.4) is 0 Å². The van der Waals surface area contributed by atoms with Gasteiger partial charge in [0.25, 0.3) is 0 Å². The molecule has 6 rings (SSSR count). The van der Waals surface area contributed by atoms with E-state index < -0.39 is 0 Å². The molecule has 2 heterocycles. The lowest BCUT2D eigenvalue weighted by atomic mass is 9.85. The molecule has 148 valence electrons. The number of thioether (sulfide) groups is 1. The third kappa shape index (κ3) is 2.84. The first-order valence-electron chi connectivity index (χ1n) is 9.97. The smallest absolute Gasteiger partial charge is 0.238 e. The Labute approximate surface area is 175 Å². The summed E-state index contributed by atoms with van der Waals surface area (Å²) < 4.78 is 1.74. The number of allylic oxidation sites excluding steroid dienone is 2. The number of fused-ring (bicyclic) bond motifs is 6. The average molecular weight is 426 g/mol. The molecule has 3 amide bonds. The van der Waals surface area contributed by atoms with Gasteiger partial charge in [0.1, 0.15) is 0 Å². The second kappa shape index (κ2) is 6.40. The van der Waals surface area contributed by atoms with Gasteiger partial charge < -0.3 is 5.32 Å². The third-order valence-electron chi connectivity index (χ3n) is 6.35. The Morgan fingerprint density at radius 3 is 2.59 bits per heavy atom. The molecule has 3 fully saturated rings. The summed E-state index contributed by atoms with van der Waals surface area (Å²) >= 11 is 2.92. The maximum absolute atomic E-state index is 13.0. The van der Waals surface area contributed by atoms with Gasteiger partial charge in [0.05, 0.1) is 33.5 Å². The van der Waals surface area contributed by atoms with E-state index in [0.717, 1.165) is 33.8 Å². The van der Waals surface area contributed by atoms with Crippen LogP contribution in [0, 0.1) is 23.7 Å². The summed E-state index contributed by atoms with van der Waals surface area (Å²) in [6.45, 7) is 0. The predicted molar refractivity (Wildman–Crippen MR) is 112 cm³/mol. The van der Waals surface area contributed by atoms with Crippen molar-refractivity contribution in [3.63, 3.8) is 0 Å². The molecular formula is C21H19N3O3S2. The Balaban J connectivity index is 1.22. The Bertz CT molecular complexity index is 1060. The predicted octanol–water partition coefficient (Wildman–Crippen LogP) is 2.98. The van der Waals surface area contributed by atoms with Crippen molar-refractivity contribution >= 4 is 56.7 Å². The number of hydrogen-bond donors (Lipinski definition) is 1. The number of amides is 3. The Kier molecular flexibility index (Phi) is 3.90. The van der Waals surface area contributed by atoms with Crippen LogP contribution in [0.15, 0.2) is 34.7 Å². The number of nitrogens with zero attached hydrogens (tertiary/aromatic N) is 2. The number of carbonyl (C=O) groups excluding carboxylic acids is 3. The highest BCUT2D eigenvalue weighted by Crippen LogP contribution is 2.53. The molecule has 4 aliphatic rings. The fraction of sp³-hybridized carbons (Fsp3) is 0.429. The zero-order valence-corrected chi connectivity index (χ0v) is 17.2. The maximum Gasteiger partial charge on any atom is 0.238 e. The van der Waals surface area contributed by atoms with Gasteiger partial charge in [-0.05, 0) is 49.3 Å². The lowest BCUT2D eigenvalue weighted by Gasteiger charge is -2.17. The van der Waals surface area contributed by atoms with Crippen molar-refractivity contribution in [3.8, 4) is 0 Å². The van der Waals surface area contributed by atoms with E-state index in [2.05, 4.69) is 22.5 Å². The molecule has 1 N–H and O–H groups in total. The van der Waals surface area contributed by atoms with E-state index in [4.69, 9.17) is 0 Å². The highest BCUT2D eigenvalue weighted by atomic mass is 32.2. The minimum atomic E-state index is -0.189. The molecule has 0 spiro atoms. The largest absolute Gasteiger partial charge is 0.353 e. The van der Waals surface area contributed by atoms with Crippen molar-refractivity contribution in [1.82, 2.24) is 10.3 Å². The number of nitrogens with one attached hydrogen (secondary N) is 1. The summed E-state index contributed by atoms with van der Waals surface area (Å²) in [4.78, 5) is 43.9. The molecule has 1 saturated heterocycles. The summed E-state index contributed by atoms with van der Waals surface area (Å²) in [5.74, 6) is 0.314. The van der Waals surface area contributed by atoms with Gasteiger partial charge in [-0.1, -0.05) is 23.9 Å². The van der Waals surface area contributed by atoms with E-state index >= 15 is 0 Å². The van der Waals surface area contributed by atoms with Crippen LogP contribution in [-0.4, -0.2) is 34.5 Å². The molecule has 2 bridgehead atoms. The fourth-order valence-electron chi connectivity index (χ4n) is 4.87. The van der Waals surface area contributed by atoms with E-state index in [9.17, 15) is 14.4 Å². The lowest BCUT2D eigenvalue weighted by Crippen LogP contribution is -2.32. The van der Waals surface area contributed by atoms with E-state index in [0.29, 0.717) is 17.5 Å². The van der Waals surface area contributed by atoms with Crippen LogP contribution < -0.4 is 10.2 Å². The number of hydrogen-bond acceptors (Lipinski definition) is 6. The number of carbonyl (C=O) groups is 3. The number of thiazole rings is 1. The highest BCUT2D eigenvalue weighted by Gasteiger charge is 2.59. The number of benzene rings is 1. The fourth-order valence-corrected chi connectivity index (χ4v) is 6.79. The van der Waals surface area contributed by atoms with Crippen molar-refractivity contribution in [2.75, 3.05) is 10.7 Å². The minimum Gasteiger partial charge on any atom is -0.353 e. The summed E-state index contributed by atoms with van der Waals surface area (Å²) in [6, 6.07) is 5.91. The Hall–Kier alpha value is -2.19. The second-order valence-electron chi connectivity index (χ2n) is 8.27. The van der Waals surface area contributed by atoms with Crippen LogP contribution in [-0.2, 0) is 14.4 Å². The number of aromatic nitrogens is 1. The van der Waals surface area contributed by atoms with Crippen LogP contribution in [0.25, 0.3) is 10.2 Å². The SMILES string of the molecule is O=C(CSc1nc2ccc(N3C(=O)[C@@H]4[C@@H](C3=O)[C@H]3C=C[C@H]4C3)cc2s1)NC1CC1. The van der Waals surface area contributed by atoms with Crippen LogP contribution in [0.5, 0.6) is 0 Å². The van der Waals surface area contributed by atoms with Crippen molar-refractivity contribution in [2.24, 2.45) is 23.7 Å². The molecule has 4 atom stereocenters. The molecule has 8 heteroatoms. The van der Waals surface area contributed by atoms with Gasteiger partial charge in [0, 0.05) is 6.04 Å². The lowest BCUT2D eigenvalue weighted by molar-refractivity contribution is -0.123. The molecule has 2 aromatic rings. The molecule has 0 unspecified atom stereocenters. The first-order valence-corrected chi connectivity index (χ1v) is 11.8. The Morgan fingerprint density at radius 2 is 1.90 bits per heavy atom. The molecule has 1 aliphatic heterocycles. The third-order valence-corrected chi connectivity index (χ3v) is 8.51. The van der Waals surface area contributed by atoms with Gasteiger partial charge in [-0.15, -0.1) is 11.3 Å². The summed E-state index contributed by atoms with van der Waals surface area (Å²) in [7, 11) is 0. The molecule has 2 saturated carbocycles. The van der Waals surface area contributed by atoms with E-state index in [1.807, 2.05) is 18.2 Å². The molecule has 1 aromatic carbocycles. The van der Waals surface area contributed by atoms with E-state index in [-0.39, 0.29) is 41.4 Å². The number of anilines is 1. The van der Waals surface area contributed by atoms with Gasteiger partial charge in [0.2, 0.25) is 17.7 Å². The van der Waals surface area contributed by atoms with Gasteiger partial charge in [-0.2, -0.15) is 0 Å². The molecule has 1 aromatic heterocycles. The monoisotopic (exact) mass is 425 g/mol. The van der Waals surface area contributed by atoms with Crippen molar-refractivity contribution in [3.05, 3.63) is 30.4 Å². The van der Waals surface area contributed by atoms with Crippen molar-refractivity contribution in [2.45, 2.75) is 29.6 Å². The molecule has 0 radical (unpaired) electrons. The Morgan fingerprint density at radius 1 is 1.17 bits per heavy atom. The highest BCUT2D eigenvalue weighted by molar-refractivity contribution is 8.01. The molecular weight excluding hydrogens is 406 g/mol. The van der Waals surface area contributed by atoms with Gasteiger partial charge >= 0.3 is 0 Å². The zero-order chi connectivity index (χ0) is 19.7. The average Bonchev–Trinajstić information content (AvgIpc) is 3.08. The van der Waals surface area contributed by atoms with Crippen LogP contribution in [0.2, 0.25) is 0 Å². The summed E-state index contributed by atoms with van der Waals surface area (Å²) in [5.41, 5.74) is 1.46. The van der Waals surface area contributed by atoms with Crippen LogP contribution in [0.4, 0.5) is 5.69 Å². The van der Waals surface area contributed by atoms with Crippen molar-refractivity contribution in [1.29, 1.82) is 0 Å². The van der Waals surface area contributed by atoms with Gasteiger partial charge in [-0.25, -0.2) is 9.88 Å². The summed E-state index contributed by atoms with van der Waals surface area (Å²) in [5, 5.41) is 2.98. The minimum absolute atomic E-state index is 0.0421. The number of rotatable bonds is 5. The summed E-state index contributed by atoms with van der Waals surface area (Å²) in [6.07, 6.45) is 7.30. The molecule has 29 heavy (non-hydrogen) atoms. The van der Waals surface area contributed by atoms with Crippen molar-refractivity contribution < 1.29 is 14.4 Å². The molecule has 3 aliphatic carbocycles. The maximum atomic E-state index is 13.0. The standard InChI is InChI=1S/C21H19N3O3S2/c25-16(22-12-3-4-12)9-28-21-23-14-6-5-13(8-15(14)29-21)24-19(26)17-10-1-2-11(7-10)18(17)20(24)27/h1-2,5-6,8,10-12,17-18H,3-4,7,9H2,(H,22,25)/t10-,11-,17-,18-/m0/s1. The first-order chi connectivity index (χ1) is 14.1. The normalized spacial score (nSPS) is 29.9. The molecule has 6 nitrogen and oxygen atoms in total. The second-order valence-corrected chi connectivity index (χ2v) is 10.5. The van der Waals surface area contributed by atoms with Gasteiger partial charge in [-0.3, -0.25) is 14.4 Å².